The predicted octanol–water partition coefficient (Wildman–Crippen LogP) is 2.63. The van der Waals surface area contributed by atoms with E-state index in [0.717, 1.165) is 17.0 Å². The molecule has 0 spiro atoms. The highest BCUT2D eigenvalue weighted by Crippen LogP contribution is 2.21. The van der Waals surface area contributed by atoms with E-state index in [0.29, 0.717) is 0 Å². The molecule has 0 saturated heterocycles. The number of rotatable bonds is 4. The fourth-order valence-electron chi connectivity index (χ4n) is 1.30. The average molecular weight is 228 g/mol. The zero-order valence-corrected chi connectivity index (χ0v) is 10.2. The summed E-state index contributed by atoms with van der Waals surface area (Å²) in [5, 5.41) is 0.764. The van der Waals surface area contributed by atoms with E-state index in [1.54, 1.807) is 7.11 Å². The van der Waals surface area contributed by atoms with Crippen molar-refractivity contribution in [2.45, 2.75) is 31.9 Å². The van der Waals surface area contributed by atoms with E-state index in [9.17, 15) is 0 Å². The van der Waals surface area contributed by atoms with Crippen LogP contribution in [0.4, 0.5) is 0 Å². The van der Waals surface area contributed by atoms with Crippen molar-refractivity contribution in [1.29, 1.82) is 0 Å². The van der Waals surface area contributed by atoms with Gasteiger partial charge in [-0.1, -0.05) is 29.8 Å². The van der Waals surface area contributed by atoms with Crippen molar-refractivity contribution in [3.63, 3.8) is 0 Å². The zero-order valence-electron chi connectivity index (χ0n) is 9.46. The van der Waals surface area contributed by atoms with Crippen LogP contribution in [0.2, 0.25) is 5.02 Å². The van der Waals surface area contributed by atoms with Gasteiger partial charge in [0.2, 0.25) is 0 Å². The van der Waals surface area contributed by atoms with Crippen LogP contribution in [0.25, 0.3) is 0 Å². The molecule has 0 aliphatic heterocycles. The second kappa shape index (κ2) is 4.97. The Morgan fingerprint density at radius 2 is 2.00 bits per heavy atom. The number of hydrogen-bond donors (Lipinski definition) is 1. The highest BCUT2D eigenvalue weighted by molar-refractivity contribution is 6.31. The summed E-state index contributed by atoms with van der Waals surface area (Å²) >= 11 is 6.07. The third-order valence-corrected chi connectivity index (χ3v) is 3.19. The van der Waals surface area contributed by atoms with Crippen LogP contribution in [0.5, 0.6) is 0 Å². The van der Waals surface area contributed by atoms with Crippen molar-refractivity contribution in [2.24, 2.45) is 5.73 Å². The molecule has 0 aliphatic rings. The Morgan fingerprint density at radius 1 is 1.40 bits per heavy atom. The maximum atomic E-state index is 6.08. The minimum atomic E-state index is -0.334. The van der Waals surface area contributed by atoms with Gasteiger partial charge in [-0.2, -0.15) is 0 Å². The molecular weight excluding hydrogens is 210 g/mol. The summed E-state index contributed by atoms with van der Waals surface area (Å²) in [6.07, 6.45) is 0.723. The van der Waals surface area contributed by atoms with E-state index in [2.05, 4.69) is 0 Å². The minimum absolute atomic E-state index is 0.0672. The van der Waals surface area contributed by atoms with Crippen LogP contribution < -0.4 is 5.73 Å². The van der Waals surface area contributed by atoms with Gasteiger partial charge >= 0.3 is 0 Å². The van der Waals surface area contributed by atoms with Crippen molar-refractivity contribution < 1.29 is 4.74 Å². The largest absolute Gasteiger partial charge is 0.377 e. The van der Waals surface area contributed by atoms with E-state index in [1.807, 2.05) is 38.1 Å². The second-order valence-electron chi connectivity index (χ2n) is 4.21. The Hall–Kier alpha value is -0.570. The fourth-order valence-corrected chi connectivity index (χ4v) is 1.51. The van der Waals surface area contributed by atoms with Gasteiger partial charge in [0, 0.05) is 18.2 Å². The van der Waals surface area contributed by atoms with Crippen LogP contribution in [-0.4, -0.2) is 18.8 Å². The summed E-state index contributed by atoms with van der Waals surface area (Å²) in [4.78, 5) is 0. The summed E-state index contributed by atoms with van der Waals surface area (Å²) in [6.45, 7) is 3.96. The number of ether oxygens (including phenoxy) is 1. The van der Waals surface area contributed by atoms with E-state index in [1.165, 1.54) is 0 Å². The summed E-state index contributed by atoms with van der Waals surface area (Å²) in [5.74, 6) is 0. The highest BCUT2D eigenvalue weighted by Gasteiger charge is 2.26. The summed E-state index contributed by atoms with van der Waals surface area (Å²) in [6, 6.07) is 7.69. The first-order chi connectivity index (χ1) is 6.97. The smallest absolute Gasteiger partial charge is 0.0776 e. The van der Waals surface area contributed by atoms with E-state index in [-0.39, 0.29) is 11.6 Å². The highest BCUT2D eigenvalue weighted by atomic mass is 35.5. The van der Waals surface area contributed by atoms with Gasteiger partial charge in [-0.3, -0.25) is 0 Å². The molecule has 0 aromatic heterocycles. The third kappa shape index (κ3) is 3.20. The van der Waals surface area contributed by atoms with Gasteiger partial charge in [0.1, 0.15) is 0 Å². The maximum Gasteiger partial charge on any atom is 0.0776 e. The molecule has 1 aromatic carbocycles. The van der Waals surface area contributed by atoms with Crippen LogP contribution in [0.15, 0.2) is 24.3 Å². The molecule has 1 aromatic rings. The molecule has 1 unspecified atom stereocenters. The minimum Gasteiger partial charge on any atom is -0.377 e. The van der Waals surface area contributed by atoms with Crippen molar-refractivity contribution in [2.75, 3.05) is 7.11 Å². The van der Waals surface area contributed by atoms with E-state index >= 15 is 0 Å². The first-order valence-corrected chi connectivity index (χ1v) is 5.39. The molecule has 0 fully saturated rings. The second-order valence-corrected chi connectivity index (χ2v) is 4.62. The number of nitrogens with two attached hydrogens (primary N) is 1. The molecule has 15 heavy (non-hydrogen) atoms. The fraction of sp³-hybridized carbons (Fsp3) is 0.500. The molecule has 2 nitrogen and oxygen atoms in total. The monoisotopic (exact) mass is 227 g/mol. The van der Waals surface area contributed by atoms with Gasteiger partial charge in [-0.15, -0.1) is 0 Å². The van der Waals surface area contributed by atoms with Crippen LogP contribution in [-0.2, 0) is 11.2 Å². The first-order valence-electron chi connectivity index (χ1n) is 5.01. The first kappa shape index (κ1) is 12.5. The lowest BCUT2D eigenvalue weighted by atomic mass is 9.93. The Bertz CT molecular complexity index is 325. The molecule has 0 aliphatic carbocycles. The molecule has 0 saturated carbocycles. The lowest BCUT2D eigenvalue weighted by molar-refractivity contribution is 0.000812. The number of methoxy groups -OCH3 is 1. The summed E-state index contributed by atoms with van der Waals surface area (Å²) in [5.41, 5.74) is 6.81. The summed E-state index contributed by atoms with van der Waals surface area (Å²) < 4.78 is 5.34. The Balaban J connectivity index is 2.75. The third-order valence-electron chi connectivity index (χ3n) is 2.82. The number of benzene rings is 1. The quantitative estimate of drug-likeness (QED) is 0.859. The van der Waals surface area contributed by atoms with Crippen molar-refractivity contribution >= 4 is 11.6 Å². The molecule has 1 atom stereocenters. The molecule has 0 amide bonds. The SMILES string of the molecule is COC(C)(C)C(N)Cc1ccccc1Cl. The molecule has 0 heterocycles. The molecule has 84 valence electrons. The Labute approximate surface area is 96.4 Å². The molecule has 3 heteroatoms. The predicted molar refractivity (Wildman–Crippen MR) is 64.2 cm³/mol. The molecule has 1 rings (SSSR count). The zero-order chi connectivity index (χ0) is 11.5. The van der Waals surface area contributed by atoms with Crippen LogP contribution in [0.3, 0.4) is 0 Å². The van der Waals surface area contributed by atoms with Crippen molar-refractivity contribution in [3.8, 4) is 0 Å². The average Bonchev–Trinajstić information content (AvgIpc) is 2.21. The standard InChI is InChI=1S/C12H18ClNO/c1-12(2,15-3)11(14)8-9-6-4-5-7-10(9)13/h4-7,11H,8,14H2,1-3H3. The topological polar surface area (TPSA) is 35.2 Å². The Kier molecular flexibility index (Phi) is 4.14. The van der Waals surface area contributed by atoms with Gasteiger partial charge in [0.15, 0.2) is 0 Å². The normalized spacial score (nSPS) is 13.9. The molecule has 2 N–H and O–H groups in total. The lowest BCUT2D eigenvalue weighted by Gasteiger charge is -2.30. The van der Waals surface area contributed by atoms with Crippen molar-refractivity contribution in [3.05, 3.63) is 34.9 Å². The molecular formula is C12H18ClNO. The van der Waals surface area contributed by atoms with Crippen molar-refractivity contribution in [1.82, 2.24) is 0 Å². The number of hydrogen-bond acceptors (Lipinski definition) is 2. The van der Waals surface area contributed by atoms with E-state index in [4.69, 9.17) is 22.1 Å². The van der Waals surface area contributed by atoms with Gasteiger partial charge in [-0.25, -0.2) is 0 Å². The molecule has 0 radical (unpaired) electrons. The van der Waals surface area contributed by atoms with Gasteiger partial charge in [0.25, 0.3) is 0 Å². The lowest BCUT2D eigenvalue weighted by Crippen LogP contribution is -2.46. The van der Waals surface area contributed by atoms with Gasteiger partial charge in [0.05, 0.1) is 5.60 Å². The maximum absolute atomic E-state index is 6.08. The summed E-state index contributed by atoms with van der Waals surface area (Å²) in [7, 11) is 1.67. The number of halogens is 1. The van der Waals surface area contributed by atoms with Gasteiger partial charge < -0.3 is 10.5 Å². The Morgan fingerprint density at radius 3 is 2.53 bits per heavy atom. The van der Waals surface area contributed by atoms with Crippen LogP contribution in [0, 0.1) is 0 Å². The van der Waals surface area contributed by atoms with Crippen LogP contribution in [0.1, 0.15) is 19.4 Å². The van der Waals surface area contributed by atoms with Gasteiger partial charge in [-0.05, 0) is 31.9 Å². The van der Waals surface area contributed by atoms with E-state index < -0.39 is 0 Å². The molecule has 0 bridgehead atoms. The van der Waals surface area contributed by atoms with Crippen LogP contribution >= 0.6 is 11.6 Å².